The molecule has 0 radical (unpaired) electrons. The fraction of sp³-hybridized carbons (Fsp3) is 1.00. The Morgan fingerprint density at radius 2 is 2.00 bits per heavy atom. The Kier molecular flexibility index (Phi) is 8.57. The maximum Gasteiger partial charge on any atom is 0.0791 e. The summed E-state index contributed by atoms with van der Waals surface area (Å²) in [5, 5.41) is 13.5. The molecule has 1 aliphatic heterocycles. The van der Waals surface area contributed by atoms with Crippen LogP contribution in [-0.2, 0) is 9.47 Å². The monoisotopic (exact) mass is 274 g/mol. The van der Waals surface area contributed by atoms with Gasteiger partial charge in [0.25, 0.3) is 0 Å². The molecule has 0 aliphatic carbocycles. The molecule has 2 N–H and O–H groups in total. The molecule has 1 rings (SSSR count). The molecule has 0 spiro atoms. The molecule has 0 bridgehead atoms. The van der Waals surface area contributed by atoms with Crippen LogP contribution in [0.1, 0.15) is 20.8 Å². The third-order valence-corrected chi connectivity index (χ3v) is 3.49. The van der Waals surface area contributed by atoms with Crippen LogP contribution in [0.2, 0.25) is 0 Å². The SMILES string of the molecule is CCOCC(NCC(O)CN1CCOCC1)C(C)C. The fourth-order valence-electron chi connectivity index (χ4n) is 2.17. The summed E-state index contributed by atoms with van der Waals surface area (Å²) in [6.45, 7) is 12.5. The Hall–Kier alpha value is -0.200. The van der Waals surface area contributed by atoms with E-state index in [4.69, 9.17) is 9.47 Å². The van der Waals surface area contributed by atoms with E-state index in [0.29, 0.717) is 25.1 Å². The number of morpholine rings is 1. The minimum Gasteiger partial charge on any atom is -0.390 e. The number of aliphatic hydroxyl groups is 1. The van der Waals surface area contributed by atoms with Crippen LogP contribution in [0.4, 0.5) is 0 Å². The molecule has 2 atom stereocenters. The van der Waals surface area contributed by atoms with Gasteiger partial charge < -0.3 is 19.9 Å². The van der Waals surface area contributed by atoms with Crippen molar-refractivity contribution in [3.8, 4) is 0 Å². The number of nitrogens with one attached hydrogen (secondary N) is 1. The van der Waals surface area contributed by atoms with Crippen molar-refractivity contribution in [1.82, 2.24) is 10.2 Å². The van der Waals surface area contributed by atoms with Gasteiger partial charge in [0.15, 0.2) is 0 Å². The van der Waals surface area contributed by atoms with Gasteiger partial charge in [0.05, 0.1) is 25.9 Å². The Labute approximate surface area is 117 Å². The Morgan fingerprint density at radius 3 is 2.58 bits per heavy atom. The van der Waals surface area contributed by atoms with Crippen LogP contribution in [-0.4, -0.2) is 74.8 Å². The lowest BCUT2D eigenvalue weighted by Crippen LogP contribution is -2.47. The van der Waals surface area contributed by atoms with Crippen LogP contribution in [0.25, 0.3) is 0 Å². The summed E-state index contributed by atoms with van der Waals surface area (Å²) >= 11 is 0. The zero-order valence-corrected chi connectivity index (χ0v) is 12.6. The molecule has 5 heteroatoms. The topological polar surface area (TPSA) is 54.0 Å². The van der Waals surface area contributed by atoms with Gasteiger partial charge in [-0.1, -0.05) is 13.8 Å². The summed E-state index contributed by atoms with van der Waals surface area (Å²) < 4.78 is 10.8. The quantitative estimate of drug-likeness (QED) is 0.635. The fourth-order valence-corrected chi connectivity index (χ4v) is 2.17. The second kappa shape index (κ2) is 9.66. The molecule has 0 aromatic heterocycles. The molecule has 1 saturated heterocycles. The largest absolute Gasteiger partial charge is 0.390 e. The Bertz CT molecular complexity index is 221. The molecule has 1 heterocycles. The van der Waals surface area contributed by atoms with E-state index in [1.165, 1.54) is 0 Å². The van der Waals surface area contributed by atoms with Crippen molar-refractivity contribution in [2.75, 3.05) is 52.6 Å². The van der Waals surface area contributed by atoms with Gasteiger partial charge in [-0.3, -0.25) is 4.90 Å². The number of hydrogen-bond acceptors (Lipinski definition) is 5. The first-order valence-corrected chi connectivity index (χ1v) is 7.42. The lowest BCUT2D eigenvalue weighted by Gasteiger charge is -2.30. The average molecular weight is 274 g/mol. The summed E-state index contributed by atoms with van der Waals surface area (Å²) in [4.78, 5) is 2.25. The van der Waals surface area contributed by atoms with Crippen molar-refractivity contribution >= 4 is 0 Å². The predicted molar refractivity (Wildman–Crippen MR) is 76.4 cm³/mol. The smallest absolute Gasteiger partial charge is 0.0791 e. The van der Waals surface area contributed by atoms with Crippen LogP contribution < -0.4 is 5.32 Å². The first-order chi connectivity index (χ1) is 9.13. The van der Waals surface area contributed by atoms with E-state index < -0.39 is 0 Å². The summed E-state index contributed by atoms with van der Waals surface area (Å²) in [5.74, 6) is 0.502. The van der Waals surface area contributed by atoms with Gasteiger partial charge >= 0.3 is 0 Å². The summed E-state index contributed by atoms with van der Waals surface area (Å²) in [6.07, 6.45) is -0.332. The van der Waals surface area contributed by atoms with Gasteiger partial charge in [-0.2, -0.15) is 0 Å². The third kappa shape index (κ3) is 7.22. The highest BCUT2D eigenvalue weighted by Crippen LogP contribution is 2.03. The van der Waals surface area contributed by atoms with Gasteiger partial charge in [-0.05, 0) is 12.8 Å². The van der Waals surface area contributed by atoms with Gasteiger partial charge in [0, 0.05) is 38.8 Å². The van der Waals surface area contributed by atoms with Crippen LogP contribution in [0.15, 0.2) is 0 Å². The minimum absolute atomic E-state index is 0.305. The van der Waals surface area contributed by atoms with Crippen molar-refractivity contribution in [3.05, 3.63) is 0 Å². The van der Waals surface area contributed by atoms with E-state index in [-0.39, 0.29) is 6.10 Å². The molecule has 0 aromatic rings. The molecule has 114 valence electrons. The average Bonchev–Trinajstić information content (AvgIpc) is 2.39. The first kappa shape index (κ1) is 16.9. The molecule has 0 saturated carbocycles. The number of β-amino-alcohol motifs (C(OH)–C–C–N with tert-alkyl or cyclic N) is 1. The minimum atomic E-state index is -0.332. The van der Waals surface area contributed by atoms with E-state index in [2.05, 4.69) is 24.1 Å². The lowest BCUT2D eigenvalue weighted by atomic mass is 10.1. The highest BCUT2D eigenvalue weighted by atomic mass is 16.5. The van der Waals surface area contributed by atoms with E-state index in [1.54, 1.807) is 0 Å². The highest BCUT2D eigenvalue weighted by molar-refractivity contribution is 4.74. The molecule has 1 fully saturated rings. The summed E-state index contributed by atoms with van der Waals surface area (Å²) in [6, 6.07) is 0.305. The van der Waals surface area contributed by atoms with Gasteiger partial charge in [0.1, 0.15) is 0 Å². The number of aliphatic hydroxyl groups excluding tert-OH is 1. The number of hydrogen-bond donors (Lipinski definition) is 2. The molecule has 5 nitrogen and oxygen atoms in total. The standard InChI is InChI=1S/C14H30N2O3/c1-4-18-11-14(12(2)3)15-9-13(17)10-16-5-7-19-8-6-16/h12-15,17H,4-11H2,1-3H3. The number of nitrogens with zero attached hydrogens (tertiary/aromatic N) is 1. The molecule has 1 aliphatic rings. The molecule has 19 heavy (non-hydrogen) atoms. The van der Waals surface area contributed by atoms with Crippen LogP contribution in [0.5, 0.6) is 0 Å². The lowest BCUT2D eigenvalue weighted by molar-refractivity contribution is 0.0131. The normalized spacial score (nSPS) is 20.7. The van der Waals surface area contributed by atoms with Crippen molar-refractivity contribution in [2.24, 2.45) is 5.92 Å². The zero-order chi connectivity index (χ0) is 14.1. The maximum absolute atomic E-state index is 10.1. The van der Waals surface area contributed by atoms with E-state index in [9.17, 15) is 5.11 Å². The van der Waals surface area contributed by atoms with Gasteiger partial charge in [-0.15, -0.1) is 0 Å². The van der Waals surface area contributed by atoms with Crippen LogP contribution in [0.3, 0.4) is 0 Å². The number of ether oxygens (including phenoxy) is 2. The van der Waals surface area contributed by atoms with E-state index >= 15 is 0 Å². The van der Waals surface area contributed by atoms with Crippen molar-refractivity contribution in [2.45, 2.75) is 32.9 Å². The van der Waals surface area contributed by atoms with Crippen molar-refractivity contribution < 1.29 is 14.6 Å². The highest BCUT2D eigenvalue weighted by Gasteiger charge is 2.17. The molecular weight excluding hydrogens is 244 g/mol. The predicted octanol–water partition coefficient (Wildman–Crippen LogP) is 0.330. The van der Waals surface area contributed by atoms with Gasteiger partial charge in [-0.25, -0.2) is 0 Å². The Balaban J connectivity index is 2.20. The van der Waals surface area contributed by atoms with Crippen molar-refractivity contribution in [3.63, 3.8) is 0 Å². The van der Waals surface area contributed by atoms with Crippen LogP contribution in [0, 0.1) is 5.92 Å². The van der Waals surface area contributed by atoms with Crippen LogP contribution >= 0.6 is 0 Å². The van der Waals surface area contributed by atoms with E-state index in [1.807, 2.05) is 6.92 Å². The third-order valence-electron chi connectivity index (χ3n) is 3.49. The zero-order valence-electron chi connectivity index (χ0n) is 12.6. The van der Waals surface area contributed by atoms with Gasteiger partial charge in [0.2, 0.25) is 0 Å². The summed E-state index contributed by atoms with van der Waals surface area (Å²) in [5.41, 5.74) is 0. The number of rotatable bonds is 9. The second-order valence-corrected chi connectivity index (χ2v) is 5.49. The molecule has 0 amide bonds. The molecule has 0 aromatic carbocycles. The second-order valence-electron chi connectivity index (χ2n) is 5.49. The van der Waals surface area contributed by atoms with Crippen molar-refractivity contribution in [1.29, 1.82) is 0 Å². The maximum atomic E-state index is 10.1. The Morgan fingerprint density at radius 1 is 1.32 bits per heavy atom. The summed E-state index contributed by atoms with van der Waals surface area (Å²) in [7, 11) is 0. The first-order valence-electron chi connectivity index (χ1n) is 7.42. The molecule has 2 unspecified atom stereocenters. The van der Waals surface area contributed by atoms with E-state index in [0.717, 1.165) is 39.5 Å². The molecular formula is C14H30N2O3.